The zero-order chi connectivity index (χ0) is 23.5. The van der Waals surface area contributed by atoms with Crippen molar-refractivity contribution in [3.05, 3.63) is 95.1 Å². The molecule has 1 aromatic heterocycles. The Morgan fingerprint density at radius 2 is 1.47 bits per heavy atom. The lowest BCUT2D eigenvalue weighted by atomic mass is 9.98. The van der Waals surface area contributed by atoms with E-state index in [1.807, 2.05) is 0 Å². The number of rotatable bonds is 4. The molecule has 0 aliphatic rings. The summed E-state index contributed by atoms with van der Waals surface area (Å²) in [5, 5.41) is 4.62. The van der Waals surface area contributed by atoms with Crippen molar-refractivity contribution in [2.45, 2.75) is 18.4 Å². The van der Waals surface area contributed by atoms with Crippen LogP contribution >= 0.6 is 0 Å². The number of halogens is 7. The van der Waals surface area contributed by atoms with Gasteiger partial charge in [-0.25, -0.2) is 9.18 Å². The maximum Gasteiger partial charge on any atom is 0.418 e. The van der Waals surface area contributed by atoms with Crippen LogP contribution in [0.25, 0.3) is 0 Å². The van der Waals surface area contributed by atoms with Crippen molar-refractivity contribution >= 4 is 11.7 Å². The van der Waals surface area contributed by atoms with E-state index in [-0.39, 0.29) is 11.3 Å². The number of hydrogen-bond donors (Lipinski definition) is 2. The summed E-state index contributed by atoms with van der Waals surface area (Å²) >= 11 is 0. The topological polar surface area (TPSA) is 54.0 Å². The highest BCUT2D eigenvalue weighted by atomic mass is 19.4. The van der Waals surface area contributed by atoms with Crippen LogP contribution in [0.3, 0.4) is 0 Å². The molecule has 0 saturated heterocycles. The van der Waals surface area contributed by atoms with E-state index < -0.39 is 47.1 Å². The summed E-state index contributed by atoms with van der Waals surface area (Å²) in [5.41, 5.74) is -2.68. The van der Waals surface area contributed by atoms with Gasteiger partial charge in [0.15, 0.2) is 0 Å². The Kier molecular flexibility index (Phi) is 6.37. The van der Waals surface area contributed by atoms with Crippen molar-refractivity contribution < 1.29 is 35.5 Å². The Morgan fingerprint density at radius 1 is 0.844 bits per heavy atom. The SMILES string of the molecule is O=C(Nc1ccc(F)cc1)N[C@@H](c1ccc(C(F)(F)F)cc1)c1ncccc1C(F)(F)F. The molecule has 0 aliphatic carbocycles. The number of benzene rings is 2. The summed E-state index contributed by atoms with van der Waals surface area (Å²) in [5.74, 6) is -0.568. The van der Waals surface area contributed by atoms with Crippen molar-refractivity contribution in [1.29, 1.82) is 0 Å². The Balaban J connectivity index is 1.98. The van der Waals surface area contributed by atoms with Crippen molar-refractivity contribution in [3.63, 3.8) is 0 Å². The largest absolute Gasteiger partial charge is 0.418 e. The summed E-state index contributed by atoms with van der Waals surface area (Å²) < 4.78 is 92.2. The fourth-order valence-corrected chi connectivity index (χ4v) is 2.89. The molecule has 1 atom stereocenters. The first-order chi connectivity index (χ1) is 14.9. The zero-order valence-corrected chi connectivity index (χ0v) is 15.9. The Hall–Kier alpha value is -3.63. The number of anilines is 1. The lowest BCUT2D eigenvalue weighted by molar-refractivity contribution is -0.139. The number of carbonyl (C=O) groups excluding carboxylic acids is 1. The highest BCUT2D eigenvalue weighted by Gasteiger charge is 2.37. The van der Waals surface area contributed by atoms with Gasteiger partial charge >= 0.3 is 18.4 Å². The highest BCUT2D eigenvalue weighted by molar-refractivity contribution is 5.89. The number of alkyl halides is 6. The van der Waals surface area contributed by atoms with E-state index in [9.17, 15) is 35.5 Å². The molecule has 168 valence electrons. The Morgan fingerprint density at radius 3 is 2.03 bits per heavy atom. The number of amides is 2. The third kappa shape index (κ3) is 5.54. The van der Waals surface area contributed by atoms with Gasteiger partial charge in [-0.2, -0.15) is 26.3 Å². The zero-order valence-electron chi connectivity index (χ0n) is 15.9. The van der Waals surface area contributed by atoms with Crippen LogP contribution in [0.15, 0.2) is 66.9 Å². The van der Waals surface area contributed by atoms with Gasteiger partial charge in [-0.3, -0.25) is 4.98 Å². The second-order valence-electron chi connectivity index (χ2n) is 6.59. The molecule has 0 aliphatic heterocycles. The maximum absolute atomic E-state index is 13.5. The Labute approximate surface area is 177 Å². The predicted octanol–water partition coefficient (Wildman–Crippen LogP) is 6.17. The third-order valence-electron chi connectivity index (χ3n) is 4.37. The molecule has 0 radical (unpaired) electrons. The normalized spacial score (nSPS) is 12.8. The molecule has 2 aromatic carbocycles. The monoisotopic (exact) mass is 457 g/mol. The molecule has 2 N–H and O–H groups in total. The van der Waals surface area contributed by atoms with E-state index in [1.165, 1.54) is 12.1 Å². The summed E-state index contributed by atoms with van der Waals surface area (Å²) in [7, 11) is 0. The summed E-state index contributed by atoms with van der Waals surface area (Å²) in [4.78, 5) is 16.2. The molecule has 0 saturated carbocycles. The maximum atomic E-state index is 13.5. The van der Waals surface area contributed by atoms with Crippen LogP contribution in [0.1, 0.15) is 28.4 Å². The van der Waals surface area contributed by atoms with Crippen LogP contribution in [-0.4, -0.2) is 11.0 Å². The molecule has 0 bridgehead atoms. The van der Waals surface area contributed by atoms with Gasteiger partial charge < -0.3 is 10.6 Å². The minimum atomic E-state index is -4.83. The molecule has 1 heterocycles. The van der Waals surface area contributed by atoms with Crippen LogP contribution in [0.5, 0.6) is 0 Å². The van der Waals surface area contributed by atoms with Gasteiger partial charge in [-0.15, -0.1) is 0 Å². The van der Waals surface area contributed by atoms with Gasteiger partial charge in [0.05, 0.1) is 22.9 Å². The van der Waals surface area contributed by atoms with Gasteiger partial charge in [0, 0.05) is 11.9 Å². The average molecular weight is 457 g/mol. The lowest BCUT2D eigenvalue weighted by Crippen LogP contribution is -2.35. The van der Waals surface area contributed by atoms with Crippen LogP contribution in [0, 0.1) is 5.82 Å². The average Bonchev–Trinajstić information content (AvgIpc) is 2.72. The van der Waals surface area contributed by atoms with E-state index in [1.54, 1.807) is 0 Å². The fraction of sp³-hybridized carbons (Fsp3) is 0.143. The van der Waals surface area contributed by atoms with E-state index in [0.29, 0.717) is 12.1 Å². The summed E-state index contributed by atoms with van der Waals surface area (Å²) in [6.07, 6.45) is -8.41. The molecule has 0 spiro atoms. The molecule has 3 rings (SSSR count). The van der Waals surface area contributed by atoms with E-state index >= 15 is 0 Å². The number of carbonyl (C=O) groups is 1. The fourth-order valence-electron chi connectivity index (χ4n) is 2.89. The minimum absolute atomic E-state index is 0.0588. The number of nitrogens with zero attached hydrogens (tertiary/aromatic N) is 1. The highest BCUT2D eigenvalue weighted by Crippen LogP contribution is 2.36. The summed E-state index contributed by atoms with van der Waals surface area (Å²) in [6.45, 7) is 0. The van der Waals surface area contributed by atoms with Crippen molar-refractivity contribution in [3.8, 4) is 0 Å². The molecule has 32 heavy (non-hydrogen) atoms. The van der Waals surface area contributed by atoms with Gasteiger partial charge in [-0.1, -0.05) is 12.1 Å². The number of urea groups is 1. The number of aromatic nitrogens is 1. The number of pyridine rings is 1. The van der Waals surface area contributed by atoms with Crippen molar-refractivity contribution in [2.75, 3.05) is 5.32 Å². The minimum Gasteiger partial charge on any atom is -0.325 e. The van der Waals surface area contributed by atoms with E-state index in [2.05, 4.69) is 15.6 Å². The number of nitrogens with one attached hydrogen (secondary N) is 2. The van der Waals surface area contributed by atoms with Gasteiger partial charge in [0.1, 0.15) is 5.82 Å². The molecule has 2 amide bonds. The van der Waals surface area contributed by atoms with Gasteiger partial charge in [-0.05, 0) is 54.1 Å². The lowest BCUT2D eigenvalue weighted by Gasteiger charge is -2.23. The molecular formula is C21H14F7N3O. The number of hydrogen-bond acceptors (Lipinski definition) is 2. The Bertz CT molecular complexity index is 1080. The molecular weight excluding hydrogens is 443 g/mol. The van der Waals surface area contributed by atoms with Crippen molar-refractivity contribution in [1.82, 2.24) is 10.3 Å². The quantitative estimate of drug-likeness (QED) is 0.461. The summed E-state index contributed by atoms with van der Waals surface area (Å²) in [6, 6.07) is 7.17. The molecule has 3 aromatic rings. The second-order valence-corrected chi connectivity index (χ2v) is 6.59. The van der Waals surface area contributed by atoms with Crippen molar-refractivity contribution in [2.24, 2.45) is 0 Å². The van der Waals surface area contributed by atoms with Crippen LogP contribution in [0.2, 0.25) is 0 Å². The predicted molar refractivity (Wildman–Crippen MR) is 101 cm³/mol. The molecule has 11 heteroatoms. The van der Waals surface area contributed by atoms with E-state index in [0.717, 1.165) is 42.6 Å². The first-order valence-electron chi connectivity index (χ1n) is 8.97. The smallest absolute Gasteiger partial charge is 0.325 e. The second kappa shape index (κ2) is 8.85. The van der Waals surface area contributed by atoms with Crippen LogP contribution in [0.4, 0.5) is 41.2 Å². The van der Waals surface area contributed by atoms with Gasteiger partial charge in [0.25, 0.3) is 0 Å². The van der Waals surface area contributed by atoms with Gasteiger partial charge in [0.2, 0.25) is 0 Å². The standard InChI is InChI=1S/C21H14F7N3O/c22-14-7-9-15(10-8-14)30-19(32)31-17(12-3-5-13(6-4-12)20(23,24)25)18-16(21(26,27)28)2-1-11-29-18/h1-11,17H,(H2,30,31,32)/t17-/m0/s1. The third-order valence-corrected chi connectivity index (χ3v) is 4.37. The van der Waals surface area contributed by atoms with E-state index in [4.69, 9.17) is 0 Å². The molecule has 4 nitrogen and oxygen atoms in total. The first-order valence-corrected chi connectivity index (χ1v) is 8.97. The molecule has 0 unspecified atom stereocenters. The van der Waals surface area contributed by atoms with Crippen LogP contribution < -0.4 is 10.6 Å². The molecule has 0 fully saturated rings. The van der Waals surface area contributed by atoms with Crippen LogP contribution in [-0.2, 0) is 12.4 Å². The first kappa shape index (κ1) is 23.0.